The van der Waals surface area contributed by atoms with Gasteiger partial charge in [0, 0.05) is 13.1 Å². The summed E-state index contributed by atoms with van der Waals surface area (Å²) in [7, 11) is 0. The highest BCUT2D eigenvalue weighted by Crippen LogP contribution is 2.05. The third-order valence-corrected chi connectivity index (χ3v) is 1.50. The van der Waals surface area contributed by atoms with Gasteiger partial charge in [-0.25, -0.2) is 0 Å². The number of hydrogen-bond acceptors (Lipinski definition) is 2. The maximum atomic E-state index is 10.0. The van der Waals surface area contributed by atoms with E-state index >= 15 is 0 Å². The van der Waals surface area contributed by atoms with Crippen molar-refractivity contribution in [3.05, 3.63) is 12.3 Å². The molecule has 0 aromatic carbocycles. The monoisotopic (exact) mass is 141 g/mol. The molecule has 0 aromatic heterocycles. The zero-order valence-corrected chi connectivity index (χ0v) is 5.79. The van der Waals surface area contributed by atoms with Crippen LogP contribution in [0.25, 0.3) is 0 Å². The van der Waals surface area contributed by atoms with Gasteiger partial charge in [-0.1, -0.05) is 6.08 Å². The summed E-state index contributed by atoms with van der Waals surface area (Å²) in [4.78, 5) is 12.1. The van der Waals surface area contributed by atoms with E-state index in [1.165, 1.54) is 6.42 Å². The van der Waals surface area contributed by atoms with Crippen molar-refractivity contribution in [3.63, 3.8) is 0 Å². The number of hydrogen-bond donors (Lipinski definition) is 1. The van der Waals surface area contributed by atoms with Crippen molar-refractivity contribution in [1.29, 1.82) is 0 Å². The molecule has 1 heterocycles. The van der Waals surface area contributed by atoms with Crippen LogP contribution < -0.4 is 0 Å². The van der Waals surface area contributed by atoms with Gasteiger partial charge in [0.05, 0.1) is 6.42 Å². The van der Waals surface area contributed by atoms with Crippen molar-refractivity contribution < 1.29 is 9.90 Å². The Hall–Kier alpha value is -0.990. The van der Waals surface area contributed by atoms with Crippen LogP contribution in [0.3, 0.4) is 0 Å². The third kappa shape index (κ3) is 2.09. The Labute approximate surface area is 59.9 Å². The average Bonchev–Trinajstić information content (AvgIpc) is 1.75. The van der Waals surface area contributed by atoms with Crippen LogP contribution in [-0.4, -0.2) is 29.1 Å². The summed E-state index contributed by atoms with van der Waals surface area (Å²) in [5.41, 5.74) is 0. The van der Waals surface area contributed by atoms with Crippen LogP contribution in [0.4, 0.5) is 0 Å². The minimum Gasteiger partial charge on any atom is -0.481 e. The molecule has 1 rings (SSSR count). The van der Waals surface area contributed by atoms with E-state index in [1.54, 1.807) is 6.08 Å². The fraction of sp³-hybridized carbons (Fsp3) is 0.571. The minimum atomic E-state index is -0.767. The van der Waals surface area contributed by atoms with Gasteiger partial charge in [0.1, 0.15) is 0 Å². The lowest BCUT2D eigenvalue weighted by atomic mass is 10.2. The quantitative estimate of drug-likeness (QED) is 0.628. The number of carbonyl (C=O) groups is 1. The maximum absolute atomic E-state index is 10.0. The Morgan fingerprint density at radius 2 is 2.30 bits per heavy atom. The van der Waals surface area contributed by atoms with E-state index in [-0.39, 0.29) is 6.42 Å². The van der Waals surface area contributed by atoms with Gasteiger partial charge in [0.25, 0.3) is 0 Å². The molecule has 3 heteroatoms. The first-order valence-electron chi connectivity index (χ1n) is 3.41. The molecule has 0 bridgehead atoms. The predicted octanol–water partition coefficient (Wildman–Crippen LogP) is 0.681. The molecule has 1 N–H and O–H groups in total. The van der Waals surface area contributed by atoms with Gasteiger partial charge in [-0.15, -0.1) is 0 Å². The van der Waals surface area contributed by atoms with Crippen LogP contribution in [0.15, 0.2) is 12.3 Å². The molecule has 56 valence electrons. The van der Waals surface area contributed by atoms with Gasteiger partial charge in [-0.2, -0.15) is 0 Å². The second-order valence-electron chi connectivity index (χ2n) is 2.37. The van der Waals surface area contributed by atoms with Gasteiger partial charge < -0.3 is 10.0 Å². The fourth-order valence-electron chi connectivity index (χ4n) is 0.792. The van der Waals surface area contributed by atoms with Crippen molar-refractivity contribution >= 4 is 5.97 Å². The molecule has 1 fully saturated rings. The van der Waals surface area contributed by atoms with E-state index in [4.69, 9.17) is 5.11 Å². The Bertz CT molecular complexity index is 150. The molecular weight excluding hydrogens is 130 g/mol. The Balaban J connectivity index is 2.10. The first kappa shape index (κ1) is 7.12. The smallest absolute Gasteiger partial charge is 0.307 e. The van der Waals surface area contributed by atoms with E-state index in [2.05, 4.69) is 4.90 Å². The summed E-state index contributed by atoms with van der Waals surface area (Å²) in [5, 5.41) is 8.25. The normalized spacial score (nSPS) is 17.4. The number of nitrogens with zero attached hydrogens (tertiary/aromatic N) is 1. The summed E-state index contributed by atoms with van der Waals surface area (Å²) in [6.07, 6.45) is 4.91. The summed E-state index contributed by atoms with van der Waals surface area (Å²) in [6.45, 7) is 2.16. The lowest BCUT2D eigenvalue weighted by molar-refractivity contribution is -0.136. The highest BCUT2D eigenvalue weighted by atomic mass is 16.4. The molecule has 0 radical (unpaired) electrons. The zero-order chi connectivity index (χ0) is 7.40. The van der Waals surface area contributed by atoms with Crippen molar-refractivity contribution in [3.8, 4) is 0 Å². The van der Waals surface area contributed by atoms with Crippen molar-refractivity contribution in [2.45, 2.75) is 12.8 Å². The van der Waals surface area contributed by atoms with Crippen molar-refractivity contribution in [1.82, 2.24) is 4.90 Å². The Kier molecular flexibility index (Phi) is 2.31. The molecule has 0 spiro atoms. The van der Waals surface area contributed by atoms with E-state index in [0.29, 0.717) is 0 Å². The lowest BCUT2D eigenvalue weighted by Crippen LogP contribution is -2.31. The zero-order valence-electron chi connectivity index (χ0n) is 5.79. The summed E-state index contributed by atoms with van der Waals surface area (Å²) < 4.78 is 0. The average molecular weight is 141 g/mol. The number of rotatable bonds is 3. The molecule has 10 heavy (non-hydrogen) atoms. The largest absolute Gasteiger partial charge is 0.481 e. The van der Waals surface area contributed by atoms with E-state index < -0.39 is 5.97 Å². The minimum absolute atomic E-state index is 0.135. The molecule has 0 atom stereocenters. The number of carboxylic acids is 1. The van der Waals surface area contributed by atoms with Gasteiger partial charge >= 0.3 is 5.97 Å². The molecule has 0 aromatic rings. The molecular formula is C7H11NO2. The second kappa shape index (κ2) is 3.25. The predicted molar refractivity (Wildman–Crippen MR) is 37.6 cm³/mol. The van der Waals surface area contributed by atoms with Gasteiger partial charge in [-0.05, 0) is 12.6 Å². The van der Waals surface area contributed by atoms with E-state index in [0.717, 1.165) is 13.1 Å². The second-order valence-corrected chi connectivity index (χ2v) is 2.37. The van der Waals surface area contributed by atoms with Gasteiger partial charge in [0.2, 0.25) is 0 Å². The first-order chi connectivity index (χ1) is 4.79. The van der Waals surface area contributed by atoms with Crippen LogP contribution in [-0.2, 0) is 4.79 Å². The van der Waals surface area contributed by atoms with E-state index in [1.807, 2.05) is 6.20 Å². The molecule has 1 aliphatic rings. The van der Waals surface area contributed by atoms with Crippen LogP contribution in [0, 0.1) is 0 Å². The molecule has 0 unspecified atom stereocenters. The number of likely N-dealkylation sites (tertiary alicyclic amines) is 1. The molecule has 1 aliphatic heterocycles. The maximum Gasteiger partial charge on any atom is 0.307 e. The Morgan fingerprint density at radius 3 is 2.70 bits per heavy atom. The van der Waals surface area contributed by atoms with E-state index in [9.17, 15) is 4.79 Å². The standard InChI is InChI=1S/C7H11NO2/c9-7(10)3-1-4-8-5-2-6-8/h1,4H,2-3,5-6H2,(H,9,10). The highest BCUT2D eigenvalue weighted by Gasteiger charge is 2.07. The fourth-order valence-corrected chi connectivity index (χ4v) is 0.792. The van der Waals surface area contributed by atoms with Crippen molar-refractivity contribution in [2.75, 3.05) is 13.1 Å². The summed E-state index contributed by atoms with van der Waals surface area (Å²) in [6, 6.07) is 0. The number of aliphatic carboxylic acids is 1. The van der Waals surface area contributed by atoms with Crippen LogP contribution in [0.1, 0.15) is 12.8 Å². The highest BCUT2D eigenvalue weighted by molar-refractivity contribution is 5.68. The number of carboxylic acid groups (broad SMARTS) is 1. The summed E-state index contributed by atoms with van der Waals surface area (Å²) >= 11 is 0. The lowest BCUT2D eigenvalue weighted by Gasteiger charge is -2.29. The molecule has 0 amide bonds. The molecule has 3 nitrogen and oxygen atoms in total. The van der Waals surface area contributed by atoms with Crippen LogP contribution >= 0.6 is 0 Å². The van der Waals surface area contributed by atoms with Crippen LogP contribution in [0.5, 0.6) is 0 Å². The van der Waals surface area contributed by atoms with Crippen molar-refractivity contribution in [2.24, 2.45) is 0 Å². The van der Waals surface area contributed by atoms with Gasteiger partial charge in [-0.3, -0.25) is 4.79 Å². The summed E-state index contributed by atoms with van der Waals surface area (Å²) in [5.74, 6) is -0.767. The SMILES string of the molecule is O=C(O)CC=CN1CCC1. The Morgan fingerprint density at radius 1 is 1.60 bits per heavy atom. The molecule has 1 saturated heterocycles. The van der Waals surface area contributed by atoms with Gasteiger partial charge in [0.15, 0.2) is 0 Å². The first-order valence-corrected chi connectivity index (χ1v) is 3.41. The third-order valence-electron chi connectivity index (χ3n) is 1.50. The molecule has 0 saturated carbocycles. The molecule has 0 aliphatic carbocycles. The van der Waals surface area contributed by atoms with Crippen LogP contribution in [0.2, 0.25) is 0 Å². The topological polar surface area (TPSA) is 40.5 Å².